The van der Waals surface area contributed by atoms with E-state index >= 15 is 0 Å². The van der Waals surface area contributed by atoms with Crippen LogP contribution in [0.1, 0.15) is 46.0 Å². The number of hydrogen-bond donors (Lipinski definition) is 2. The number of fused-ring (bicyclic) bond motifs is 1. The summed E-state index contributed by atoms with van der Waals surface area (Å²) in [5, 5.41) is 19.2. The van der Waals surface area contributed by atoms with Crippen molar-refractivity contribution < 1.29 is 10.2 Å². The van der Waals surface area contributed by atoms with Gasteiger partial charge in [-0.15, -0.1) is 0 Å². The van der Waals surface area contributed by atoms with Crippen LogP contribution in [0.5, 0.6) is 0 Å². The van der Waals surface area contributed by atoms with Gasteiger partial charge in [-0.1, -0.05) is 20.4 Å². The molecule has 2 heteroatoms. The molecule has 2 fully saturated rings. The molecule has 98 valence electrons. The van der Waals surface area contributed by atoms with Gasteiger partial charge in [0.2, 0.25) is 0 Å². The molecule has 17 heavy (non-hydrogen) atoms. The summed E-state index contributed by atoms with van der Waals surface area (Å²) in [7, 11) is 0. The number of rotatable bonds is 2. The molecular formula is C15H26O2. The van der Waals surface area contributed by atoms with Crippen LogP contribution in [0.4, 0.5) is 0 Å². The van der Waals surface area contributed by atoms with Crippen molar-refractivity contribution in [3.63, 3.8) is 0 Å². The average molecular weight is 238 g/mol. The van der Waals surface area contributed by atoms with E-state index in [2.05, 4.69) is 20.4 Å². The fraction of sp³-hybridized carbons (Fsp3) is 0.867. The topological polar surface area (TPSA) is 40.5 Å². The first-order valence-electron chi connectivity index (χ1n) is 6.93. The molecule has 0 radical (unpaired) electrons. The van der Waals surface area contributed by atoms with Gasteiger partial charge in [0.25, 0.3) is 0 Å². The minimum atomic E-state index is -0.108. The van der Waals surface area contributed by atoms with Crippen LogP contribution < -0.4 is 0 Å². The number of aliphatic hydroxyl groups excluding tert-OH is 2. The minimum Gasteiger partial charge on any atom is -0.393 e. The third kappa shape index (κ3) is 2.43. The molecule has 2 aliphatic carbocycles. The van der Waals surface area contributed by atoms with E-state index in [1.54, 1.807) is 0 Å². The lowest BCUT2D eigenvalue weighted by atomic mass is 9.54. The van der Waals surface area contributed by atoms with E-state index in [4.69, 9.17) is 0 Å². The van der Waals surface area contributed by atoms with Gasteiger partial charge in [0.05, 0.1) is 12.7 Å². The maximum Gasteiger partial charge on any atom is 0.0641 e. The Bertz CT molecular complexity index is 299. The molecule has 2 aliphatic rings. The molecule has 0 amide bonds. The summed E-state index contributed by atoms with van der Waals surface area (Å²) in [5.74, 6) is 1.78. The standard InChI is InChI=1S/C15H26O2/c1-10-6-13(17)8-15(3)5-4-12(7-14(10)15)11(2)9-16/h10,12-14,16-17H,2,4-9H2,1,3H3. The smallest absolute Gasteiger partial charge is 0.0641 e. The lowest BCUT2D eigenvalue weighted by Gasteiger charge is -2.52. The van der Waals surface area contributed by atoms with Gasteiger partial charge >= 0.3 is 0 Å². The Hall–Kier alpha value is -0.340. The van der Waals surface area contributed by atoms with Crippen LogP contribution in [-0.2, 0) is 0 Å². The first-order valence-corrected chi connectivity index (χ1v) is 6.93. The van der Waals surface area contributed by atoms with Crippen molar-refractivity contribution in [3.8, 4) is 0 Å². The lowest BCUT2D eigenvalue weighted by molar-refractivity contribution is -0.0556. The third-order valence-electron chi connectivity index (χ3n) is 5.31. The van der Waals surface area contributed by atoms with Gasteiger partial charge in [-0.3, -0.25) is 0 Å². The van der Waals surface area contributed by atoms with Crippen molar-refractivity contribution in [3.05, 3.63) is 12.2 Å². The normalized spacial score (nSPS) is 46.4. The van der Waals surface area contributed by atoms with Crippen molar-refractivity contribution in [2.75, 3.05) is 6.61 Å². The largest absolute Gasteiger partial charge is 0.393 e. The van der Waals surface area contributed by atoms with Gasteiger partial charge < -0.3 is 10.2 Å². The molecule has 2 rings (SSSR count). The van der Waals surface area contributed by atoms with Gasteiger partial charge in [0.1, 0.15) is 0 Å². The van der Waals surface area contributed by atoms with Crippen LogP contribution in [0.3, 0.4) is 0 Å². The molecule has 0 aliphatic heterocycles. The molecule has 0 aromatic rings. The van der Waals surface area contributed by atoms with Gasteiger partial charge in [-0.2, -0.15) is 0 Å². The van der Waals surface area contributed by atoms with Crippen LogP contribution in [-0.4, -0.2) is 22.9 Å². The highest BCUT2D eigenvalue weighted by molar-refractivity contribution is 5.07. The van der Waals surface area contributed by atoms with Crippen LogP contribution in [0, 0.1) is 23.2 Å². The zero-order valence-electron chi connectivity index (χ0n) is 11.2. The summed E-state index contributed by atoms with van der Waals surface area (Å²) < 4.78 is 0. The molecule has 0 aromatic heterocycles. The number of aliphatic hydroxyl groups is 2. The zero-order valence-corrected chi connectivity index (χ0v) is 11.2. The van der Waals surface area contributed by atoms with E-state index in [0.717, 1.165) is 31.3 Å². The highest BCUT2D eigenvalue weighted by Gasteiger charge is 2.47. The number of hydrogen-bond acceptors (Lipinski definition) is 2. The van der Waals surface area contributed by atoms with E-state index < -0.39 is 0 Å². The Morgan fingerprint density at radius 3 is 2.76 bits per heavy atom. The lowest BCUT2D eigenvalue weighted by Crippen LogP contribution is -2.45. The predicted molar refractivity (Wildman–Crippen MR) is 69.6 cm³/mol. The Balaban J connectivity index is 2.11. The summed E-state index contributed by atoms with van der Waals surface area (Å²) in [6, 6.07) is 0. The first-order chi connectivity index (χ1) is 7.96. The molecular weight excluding hydrogens is 212 g/mol. The average Bonchev–Trinajstić information content (AvgIpc) is 2.26. The second-order valence-electron chi connectivity index (χ2n) is 6.62. The summed E-state index contributed by atoms with van der Waals surface area (Å²) in [6.45, 7) is 8.74. The quantitative estimate of drug-likeness (QED) is 0.726. The minimum absolute atomic E-state index is 0.108. The van der Waals surface area contributed by atoms with Gasteiger partial charge in [-0.05, 0) is 60.8 Å². The fourth-order valence-electron chi connectivity index (χ4n) is 4.29. The van der Waals surface area contributed by atoms with E-state index in [-0.39, 0.29) is 12.7 Å². The van der Waals surface area contributed by atoms with Gasteiger partial charge in [0, 0.05) is 0 Å². The summed E-state index contributed by atoms with van der Waals surface area (Å²) in [4.78, 5) is 0. The van der Waals surface area contributed by atoms with Crippen molar-refractivity contribution in [2.45, 2.75) is 52.1 Å². The summed E-state index contributed by atoms with van der Waals surface area (Å²) in [5.41, 5.74) is 1.31. The highest BCUT2D eigenvalue weighted by Crippen LogP contribution is 2.54. The van der Waals surface area contributed by atoms with Crippen molar-refractivity contribution in [1.82, 2.24) is 0 Å². The van der Waals surface area contributed by atoms with Crippen molar-refractivity contribution >= 4 is 0 Å². The zero-order chi connectivity index (χ0) is 12.6. The van der Waals surface area contributed by atoms with E-state index in [9.17, 15) is 10.2 Å². The molecule has 2 nitrogen and oxygen atoms in total. The Kier molecular flexibility index (Phi) is 3.65. The summed E-state index contributed by atoms with van der Waals surface area (Å²) in [6.07, 6.45) is 5.25. The fourth-order valence-corrected chi connectivity index (χ4v) is 4.29. The van der Waals surface area contributed by atoms with Gasteiger partial charge in [-0.25, -0.2) is 0 Å². The molecule has 5 unspecified atom stereocenters. The van der Waals surface area contributed by atoms with Crippen LogP contribution in [0.25, 0.3) is 0 Å². The molecule has 2 N–H and O–H groups in total. The first kappa shape index (κ1) is 13.1. The Labute approximate surface area is 105 Å². The Morgan fingerprint density at radius 1 is 1.41 bits per heavy atom. The third-order valence-corrected chi connectivity index (χ3v) is 5.31. The van der Waals surface area contributed by atoms with E-state index in [1.807, 2.05) is 0 Å². The molecule has 0 spiro atoms. The molecule has 0 heterocycles. The second-order valence-corrected chi connectivity index (χ2v) is 6.62. The van der Waals surface area contributed by atoms with Crippen molar-refractivity contribution in [2.24, 2.45) is 23.2 Å². The highest BCUT2D eigenvalue weighted by atomic mass is 16.3. The summed E-state index contributed by atoms with van der Waals surface area (Å²) >= 11 is 0. The molecule has 0 aromatic carbocycles. The maximum absolute atomic E-state index is 9.95. The van der Waals surface area contributed by atoms with Crippen LogP contribution in [0.15, 0.2) is 12.2 Å². The molecule has 2 saturated carbocycles. The van der Waals surface area contributed by atoms with Gasteiger partial charge in [0.15, 0.2) is 0 Å². The SMILES string of the molecule is C=C(CO)C1CCC2(C)CC(O)CC(C)C2C1. The predicted octanol–water partition coefficient (Wildman–Crippen LogP) is 2.75. The molecule has 0 saturated heterocycles. The van der Waals surface area contributed by atoms with E-state index in [0.29, 0.717) is 23.2 Å². The van der Waals surface area contributed by atoms with Crippen LogP contribution >= 0.6 is 0 Å². The molecule has 0 bridgehead atoms. The monoisotopic (exact) mass is 238 g/mol. The Morgan fingerprint density at radius 2 is 2.12 bits per heavy atom. The van der Waals surface area contributed by atoms with E-state index in [1.165, 1.54) is 6.42 Å². The van der Waals surface area contributed by atoms with Crippen molar-refractivity contribution in [1.29, 1.82) is 0 Å². The molecule has 5 atom stereocenters. The van der Waals surface area contributed by atoms with Crippen LogP contribution in [0.2, 0.25) is 0 Å². The maximum atomic E-state index is 9.95. The second kappa shape index (κ2) is 4.74.